The Bertz CT molecular complexity index is 863. The molecule has 2 aliphatic heterocycles. The van der Waals surface area contributed by atoms with Crippen molar-refractivity contribution in [1.29, 1.82) is 0 Å². The van der Waals surface area contributed by atoms with Crippen molar-refractivity contribution < 1.29 is 4.74 Å². The fourth-order valence-electron chi connectivity index (χ4n) is 4.80. The van der Waals surface area contributed by atoms with Crippen molar-refractivity contribution in [1.82, 2.24) is 5.32 Å². The average Bonchev–Trinajstić information content (AvgIpc) is 2.97. The van der Waals surface area contributed by atoms with E-state index in [4.69, 9.17) is 16.3 Å². The fourth-order valence-corrected chi connectivity index (χ4v) is 5.02. The highest BCUT2D eigenvalue weighted by atomic mass is 35.5. The molecule has 2 heterocycles. The number of ether oxygens (including phenoxy) is 1. The summed E-state index contributed by atoms with van der Waals surface area (Å²) in [5.41, 5.74) is 6.87. The first kappa shape index (κ1) is 16.4. The molecule has 0 saturated carbocycles. The van der Waals surface area contributed by atoms with E-state index in [1.54, 1.807) is 5.57 Å². The molecular formula is C23H24ClNO. The second-order valence-electron chi connectivity index (χ2n) is 7.68. The Morgan fingerprint density at radius 2 is 1.77 bits per heavy atom. The van der Waals surface area contributed by atoms with E-state index < -0.39 is 0 Å². The van der Waals surface area contributed by atoms with Gasteiger partial charge in [0.05, 0.1) is 5.02 Å². The van der Waals surface area contributed by atoms with Gasteiger partial charge in [0, 0.05) is 17.0 Å². The lowest BCUT2D eigenvalue weighted by atomic mass is 9.90. The van der Waals surface area contributed by atoms with E-state index in [1.165, 1.54) is 42.4 Å². The van der Waals surface area contributed by atoms with E-state index in [-0.39, 0.29) is 6.10 Å². The second-order valence-corrected chi connectivity index (χ2v) is 8.09. The number of benzene rings is 2. The summed E-state index contributed by atoms with van der Waals surface area (Å²) < 4.78 is 6.51. The SMILES string of the molecule is Clc1cccc2c1OC1c3c(cccc3-2)CC1C=C1CCCNCCC1. The predicted molar refractivity (Wildman–Crippen MR) is 107 cm³/mol. The third kappa shape index (κ3) is 2.76. The number of fused-ring (bicyclic) bond motifs is 2. The van der Waals surface area contributed by atoms with Crippen molar-refractivity contribution in [3.05, 3.63) is 64.2 Å². The first-order valence-corrected chi connectivity index (χ1v) is 10.2. The zero-order valence-corrected chi connectivity index (χ0v) is 15.7. The molecule has 0 spiro atoms. The number of hydrogen-bond donors (Lipinski definition) is 1. The van der Waals surface area contributed by atoms with Gasteiger partial charge in [-0.3, -0.25) is 0 Å². The van der Waals surface area contributed by atoms with E-state index in [1.807, 2.05) is 12.1 Å². The molecule has 2 aromatic rings. The van der Waals surface area contributed by atoms with Crippen LogP contribution in [-0.4, -0.2) is 13.1 Å². The quantitative estimate of drug-likeness (QED) is 0.654. The van der Waals surface area contributed by atoms with E-state index >= 15 is 0 Å². The standard InChI is InChI=1S/C23H24ClNO/c24-20-10-2-9-19-18-8-1-7-16-14-17(22(21(16)18)26-23(19)20)13-15-5-3-11-25-12-4-6-15/h1-2,7-10,13,17,22,25H,3-6,11-12,14H2. The summed E-state index contributed by atoms with van der Waals surface area (Å²) in [6.07, 6.45) is 8.58. The number of hydrogen-bond acceptors (Lipinski definition) is 2. The molecule has 134 valence electrons. The molecule has 1 N–H and O–H groups in total. The third-order valence-corrected chi connectivity index (χ3v) is 6.28. The van der Waals surface area contributed by atoms with Crippen molar-refractivity contribution in [2.24, 2.45) is 5.92 Å². The predicted octanol–water partition coefficient (Wildman–Crippen LogP) is 5.70. The van der Waals surface area contributed by atoms with E-state index in [0.717, 1.165) is 30.8 Å². The zero-order chi connectivity index (χ0) is 17.5. The van der Waals surface area contributed by atoms with Gasteiger partial charge < -0.3 is 10.1 Å². The van der Waals surface area contributed by atoms with Crippen LogP contribution in [0.4, 0.5) is 0 Å². The van der Waals surface area contributed by atoms with Gasteiger partial charge in [-0.1, -0.05) is 53.6 Å². The summed E-state index contributed by atoms with van der Waals surface area (Å²) in [4.78, 5) is 0. The lowest BCUT2D eigenvalue weighted by molar-refractivity contribution is 0.169. The van der Waals surface area contributed by atoms with Crippen LogP contribution in [0.5, 0.6) is 5.75 Å². The van der Waals surface area contributed by atoms with Crippen LogP contribution in [0.15, 0.2) is 48.0 Å². The molecule has 0 radical (unpaired) electrons. The lowest BCUT2D eigenvalue weighted by Gasteiger charge is -2.29. The minimum atomic E-state index is 0.102. The number of rotatable bonds is 1. The van der Waals surface area contributed by atoms with Gasteiger partial charge in [0.1, 0.15) is 11.9 Å². The van der Waals surface area contributed by atoms with E-state index in [2.05, 4.69) is 35.7 Å². The third-order valence-electron chi connectivity index (χ3n) is 5.98. The molecular weight excluding hydrogens is 342 g/mol. The van der Waals surface area contributed by atoms with Crippen molar-refractivity contribution in [3.63, 3.8) is 0 Å². The van der Waals surface area contributed by atoms with Crippen LogP contribution >= 0.6 is 11.6 Å². The molecule has 2 nitrogen and oxygen atoms in total. The molecule has 0 amide bonds. The Morgan fingerprint density at radius 3 is 2.62 bits per heavy atom. The molecule has 0 bridgehead atoms. The number of halogens is 1. The number of nitrogens with one attached hydrogen (secondary N) is 1. The second kappa shape index (κ2) is 6.75. The summed E-state index contributed by atoms with van der Waals surface area (Å²) in [7, 11) is 0. The highest BCUT2D eigenvalue weighted by molar-refractivity contribution is 6.32. The van der Waals surface area contributed by atoms with Gasteiger partial charge in [0.15, 0.2) is 0 Å². The maximum Gasteiger partial charge on any atom is 0.146 e. The molecule has 2 unspecified atom stereocenters. The molecule has 1 saturated heterocycles. The van der Waals surface area contributed by atoms with Gasteiger partial charge in [0.2, 0.25) is 0 Å². The van der Waals surface area contributed by atoms with Crippen molar-refractivity contribution in [2.75, 3.05) is 13.1 Å². The molecule has 1 aliphatic carbocycles. The first-order chi connectivity index (χ1) is 12.8. The highest BCUT2D eigenvalue weighted by Crippen LogP contribution is 2.53. The maximum absolute atomic E-state index is 6.51. The summed E-state index contributed by atoms with van der Waals surface area (Å²) in [5, 5.41) is 4.22. The Morgan fingerprint density at radius 1 is 1.00 bits per heavy atom. The van der Waals surface area contributed by atoms with Crippen LogP contribution in [0.25, 0.3) is 11.1 Å². The summed E-state index contributed by atoms with van der Waals surface area (Å²) in [6.45, 7) is 2.27. The first-order valence-electron chi connectivity index (χ1n) is 9.79. The van der Waals surface area contributed by atoms with Crippen molar-refractivity contribution in [3.8, 4) is 16.9 Å². The number of allylic oxidation sites excluding steroid dienone is 1. The monoisotopic (exact) mass is 365 g/mol. The molecule has 1 fully saturated rings. The van der Waals surface area contributed by atoms with Crippen LogP contribution in [0.3, 0.4) is 0 Å². The minimum Gasteiger partial charge on any atom is -0.483 e. The van der Waals surface area contributed by atoms with Gasteiger partial charge in [-0.2, -0.15) is 0 Å². The summed E-state index contributed by atoms with van der Waals surface area (Å²) >= 11 is 6.48. The van der Waals surface area contributed by atoms with Gasteiger partial charge in [-0.05, 0) is 62.4 Å². The van der Waals surface area contributed by atoms with Gasteiger partial charge >= 0.3 is 0 Å². The van der Waals surface area contributed by atoms with Crippen LogP contribution in [0.1, 0.15) is 42.9 Å². The lowest BCUT2D eigenvalue weighted by Crippen LogP contribution is -2.20. The average molecular weight is 366 g/mol. The summed E-state index contributed by atoms with van der Waals surface area (Å²) in [5.74, 6) is 1.27. The minimum absolute atomic E-state index is 0.102. The largest absolute Gasteiger partial charge is 0.483 e. The Balaban J connectivity index is 1.53. The Labute approximate surface area is 160 Å². The Kier molecular flexibility index (Phi) is 4.26. The molecule has 3 heteroatoms. The highest BCUT2D eigenvalue weighted by Gasteiger charge is 2.39. The van der Waals surface area contributed by atoms with Gasteiger partial charge in [0.25, 0.3) is 0 Å². The zero-order valence-electron chi connectivity index (χ0n) is 14.9. The summed E-state index contributed by atoms with van der Waals surface area (Å²) in [6, 6.07) is 12.7. The van der Waals surface area contributed by atoms with Crippen LogP contribution in [0.2, 0.25) is 5.02 Å². The van der Waals surface area contributed by atoms with E-state index in [9.17, 15) is 0 Å². The van der Waals surface area contributed by atoms with Crippen molar-refractivity contribution >= 4 is 11.6 Å². The molecule has 2 aromatic carbocycles. The van der Waals surface area contributed by atoms with Crippen LogP contribution < -0.4 is 10.1 Å². The van der Waals surface area contributed by atoms with Crippen molar-refractivity contribution in [2.45, 2.75) is 38.2 Å². The van der Waals surface area contributed by atoms with Crippen LogP contribution in [-0.2, 0) is 6.42 Å². The molecule has 3 aliphatic rings. The fraction of sp³-hybridized carbons (Fsp3) is 0.391. The smallest absolute Gasteiger partial charge is 0.146 e. The Hall–Kier alpha value is -1.77. The molecule has 2 atom stereocenters. The maximum atomic E-state index is 6.51. The van der Waals surface area contributed by atoms with Gasteiger partial charge in [-0.15, -0.1) is 0 Å². The topological polar surface area (TPSA) is 21.3 Å². The number of para-hydroxylation sites is 1. The molecule has 26 heavy (non-hydrogen) atoms. The van der Waals surface area contributed by atoms with Gasteiger partial charge in [-0.25, -0.2) is 0 Å². The molecule has 0 aromatic heterocycles. The van der Waals surface area contributed by atoms with Crippen LogP contribution in [0, 0.1) is 5.92 Å². The normalized spacial score (nSPS) is 24.1. The van der Waals surface area contributed by atoms with E-state index in [0.29, 0.717) is 10.9 Å². The molecule has 5 rings (SSSR count).